The van der Waals surface area contributed by atoms with Gasteiger partial charge >= 0.3 is 0 Å². The number of benzene rings is 1. The number of nitrogens with zero attached hydrogens (tertiary/aromatic N) is 1. The van der Waals surface area contributed by atoms with Crippen molar-refractivity contribution in [1.29, 1.82) is 0 Å². The lowest BCUT2D eigenvalue weighted by atomic mass is 9.97. The van der Waals surface area contributed by atoms with Gasteiger partial charge in [0.1, 0.15) is 11.6 Å². The molecule has 0 spiro atoms. The molecule has 1 aliphatic heterocycles. The molecule has 2 rings (SSSR count). The van der Waals surface area contributed by atoms with Gasteiger partial charge in [-0.15, -0.1) is 0 Å². The van der Waals surface area contributed by atoms with Crippen LogP contribution in [0.2, 0.25) is 0 Å². The van der Waals surface area contributed by atoms with Crippen LogP contribution in [-0.2, 0) is 0 Å². The minimum absolute atomic E-state index is 0.0959. The van der Waals surface area contributed by atoms with Crippen molar-refractivity contribution in [3.63, 3.8) is 0 Å². The first kappa shape index (κ1) is 14.8. The third kappa shape index (κ3) is 3.48. The summed E-state index contributed by atoms with van der Waals surface area (Å²) in [5.41, 5.74) is 0.140. The van der Waals surface area contributed by atoms with Crippen LogP contribution in [0.4, 0.5) is 14.5 Å². The Bertz CT molecular complexity index is 522. The number of halogens is 3. The largest absolute Gasteiger partial charge is 0.333 e. The SMILES string of the molecule is CCC1(C)CCSC(Nc2cc(Br)c(F)cc2F)=N1. The minimum Gasteiger partial charge on any atom is -0.333 e. The molecule has 1 N–H and O–H groups in total. The van der Waals surface area contributed by atoms with Crippen molar-refractivity contribution >= 4 is 38.5 Å². The molecule has 0 aliphatic carbocycles. The standard InChI is InChI=1S/C13H15BrF2N2S/c1-3-13(2)4-5-19-12(18-13)17-11-6-8(14)9(15)7-10(11)16/h6-7H,3-5H2,1-2H3,(H,17,18). The maximum atomic E-state index is 13.7. The summed E-state index contributed by atoms with van der Waals surface area (Å²) in [4.78, 5) is 4.61. The average molecular weight is 349 g/mol. The number of nitrogens with one attached hydrogen (secondary N) is 1. The van der Waals surface area contributed by atoms with Crippen LogP contribution in [0.15, 0.2) is 21.6 Å². The average Bonchev–Trinajstić information content (AvgIpc) is 2.36. The molecule has 0 aromatic heterocycles. The highest BCUT2D eigenvalue weighted by atomic mass is 79.9. The van der Waals surface area contributed by atoms with Gasteiger partial charge in [0, 0.05) is 11.8 Å². The van der Waals surface area contributed by atoms with Gasteiger partial charge in [-0.2, -0.15) is 0 Å². The van der Waals surface area contributed by atoms with E-state index in [1.54, 1.807) is 11.8 Å². The molecule has 1 heterocycles. The predicted molar refractivity (Wildman–Crippen MR) is 80.9 cm³/mol. The van der Waals surface area contributed by atoms with Gasteiger partial charge < -0.3 is 5.32 Å². The van der Waals surface area contributed by atoms with Crippen molar-refractivity contribution in [3.8, 4) is 0 Å². The van der Waals surface area contributed by atoms with E-state index in [1.807, 2.05) is 0 Å². The van der Waals surface area contributed by atoms with Crippen LogP contribution in [0, 0.1) is 11.6 Å². The quantitative estimate of drug-likeness (QED) is 0.776. The maximum absolute atomic E-state index is 13.7. The third-order valence-electron chi connectivity index (χ3n) is 3.26. The lowest BCUT2D eigenvalue weighted by Crippen LogP contribution is -2.29. The summed E-state index contributed by atoms with van der Waals surface area (Å²) in [6.07, 6.45) is 1.95. The topological polar surface area (TPSA) is 24.4 Å². The third-order valence-corrected chi connectivity index (χ3v) is 4.75. The van der Waals surface area contributed by atoms with Gasteiger partial charge in [0.25, 0.3) is 0 Å². The summed E-state index contributed by atoms with van der Waals surface area (Å²) >= 11 is 4.61. The van der Waals surface area contributed by atoms with E-state index in [0.29, 0.717) is 5.17 Å². The molecule has 1 aromatic rings. The Morgan fingerprint density at radius 1 is 1.42 bits per heavy atom. The number of hydrogen-bond acceptors (Lipinski definition) is 3. The van der Waals surface area contributed by atoms with E-state index in [-0.39, 0.29) is 15.7 Å². The second-order valence-electron chi connectivity index (χ2n) is 4.74. The first-order valence-electron chi connectivity index (χ1n) is 6.08. The van der Waals surface area contributed by atoms with E-state index in [0.717, 1.165) is 24.7 Å². The van der Waals surface area contributed by atoms with E-state index in [9.17, 15) is 8.78 Å². The first-order chi connectivity index (χ1) is 8.93. The van der Waals surface area contributed by atoms with Crippen LogP contribution in [-0.4, -0.2) is 16.5 Å². The Morgan fingerprint density at radius 3 is 2.84 bits per heavy atom. The second-order valence-corrected chi connectivity index (χ2v) is 6.68. The second kappa shape index (κ2) is 5.79. The zero-order chi connectivity index (χ0) is 14.0. The number of thioether (sulfide) groups is 1. The molecule has 1 aliphatic rings. The van der Waals surface area contributed by atoms with E-state index in [2.05, 4.69) is 40.1 Å². The van der Waals surface area contributed by atoms with Crippen molar-refractivity contribution in [2.75, 3.05) is 11.1 Å². The smallest absolute Gasteiger partial charge is 0.161 e. The molecular weight excluding hydrogens is 334 g/mol. The normalized spacial score (nSPS) is 23.1. The fourth-order valence-corrected chi connectivity index (χ4v) is 3.30. The molecule has 6 heteroatoms. The molecule has 1 atom stereocenters. The zero-order valence-electron chi connectivity index (χ0n) is 10.8. The monoisotopic (exact) mass is 348 g/mol. The molecule has 0 saturated heterocycles. The van der Waals surface area contributed by atoms with Gasteiger partial charge in [0.15, 0.2) is 5.17 Å². The molecule has 0 radical (unpaired) electrons. The van der Waals surface area contributed by atoms with E-state index in [4.69, 9.17) is 0 Å². The van der Waals surface area contributed by atoms with Gasteiger partial charge in [-0.3, -0.25) is 4.99 Å². The molecule has 19 heavy (non-hydrogen) atoms. The van der Waals surface area contributed by atoms with Crippen LogP contribution in [0.3, 0.4) is 0 Å². The molecule has 0 amide bonds. The summed E-state index contributed by atoms with van der Waals surface area (Å²) in [5.74, 6) is -0.285. The molecule has 104 valence electrons. The fraction of sp³-hybridized carbons (Fsp3) is 0.462. The number of amidine groups is 1. The predicted octanol–water partition coefficient (Wildman–Crippen LogP) is 4.80. The summed E-state index contributed by atoms with van der Waals surface area (Å²) in [5, 5.41) is 3.64. The van der Waals surface area contributed by atoms with Crippen molar-refractivity contribution in [2.45, 2.75) is 32.2 Å². The van der Waals surface area contributed by atoms with Crippen molar-refractivity contribution in [3.05, 3.63) is 28.2 Å². The highest BCUT2D eigenvalue weighted by Gasteiger charge is 2.26. The fourth-order valence-electron chi connectivity index (χ4n) is 1.75. The number of rotatable bonds is 2. The van der Waals surface area contributed by atoms with Gasteiger partial charge in [0.2, 0.25) is 0 Å². The van der Waals surface area contributed by atoms with Crippen LogP contribution < -0.4 is 5.32 Å². The maximum Gasteiger partial charge on any atom is 0.161 e. The molecule has 0 bridgehead atoms. The lowest BCUT2D eigenvalue weighted by molar-refractivity contribution is 0.443. The van der Waals surface area contributed by atoms with Crippen LogP contribution >= 0.6 is 27.7 Å². The van der Waals surface area contributed by atoms with Crippen molar-refractivity contribution in [2.24, 2.45) is 4.99 Å². The lowest BCUT2D eigenvalue weighted by Gasteiger charge is -2.29. The number of anilines is 1. The summed E-state index contributed by atoms with van der Waals surface area (Å²) in [6.45, 7) is 4.18. The molecular formula is C13H15BrF2N2S. The van der Waals surface area contributed by atoms with Crippen molar-refractivity contribution in [1.82, 2.24) is 0 Å². The number of aliphatic imine (C=N–C) groups is 1. The van der Waals surface area contributed by atoms with Crippen molar-refractivity contribution < 1.29 is 8.78 Å². The summed E-state index contributed by atoms with van der Waals surface area (Å²) < 4.78 is 27.1. The van der Waals surface area contributed by atoms with Crippen LogP contribution in [0.25, 0.3) is 0 Å². The van der Waals surface area contributed by atoms with E-state index >= 15 is 0 Å². The van der Waals surface area contributed by atoms with Crippen LogP contribution in [0.1, 0.15) is 26.7 Å². The molecule has 1 aromatic carbocycles. The Hall–Kier alpha value is -0.620. The van der Waals surface area contributed by atoms with Gasteiger partial charge in [-0.1, -0.05) is 18.7 Å². The van der Waals surface area contributed by atoms with Gasteiger partial charge in [-0.25, -0.2) is 8.78 Å². The van der Waals surface area contributed by atoms with Gasteiger partial charge in [0.05, 0.1) is 15.7 Å². The summed E-state index contributed by atoms with van der Waals surface area (Å²) in [7, 11) is 0. The highest BCUT2D eigenvalue weighted by molar-refractivity contribution is 9.10. The van der Waals surface area contributed by atoms with Crippen LogP contribution in [0.5, 0.6) is 0 Å². The first-order valence-corrected chi connectivity index (χ1v) is 7.85. The summed E-state index contributed by atoms with van der Waals surface area (Å²) in [6, 6.07) is 2.26. The van der Waals surface area contributed by atoms with E-state index in [1.165, 1.54) is 6.07 Å². The Balaban J connectivity index is 2.24. The Morgan fingerprint density at radius 2 is 2.16 bits per heavy atom. The highest BCUT2D eigenvalue weighted by Crippen LogP contribution is 2.31. The minimum atomic E-state index is -0.618. The molecule has 0 saturated carbocycles. The Labute approximate surface area is 124 Å². The van der Waals surface area contributed by atoms with E-state index < -0.39 is 11.6 Å². The number of hydrogen-bond donors (Lipinski definition) is 1. The molecule has 2 nitrogen and oxygen atoms in total. The Kier molecular flexibility index (Phi) is 4.50. The molecule has 1 unspecified atom stereocenters. The zero-order valence-corrected chi connectivity index (χ0v) is 13.2. The molecule has 0 fully saturated rings. The van der Waals surface area contributed by atoms with Gasteiger partial charge in [-0.05, 0) is 41.8 Å².